The number of ether oxygens (including phenoxy) is 2. The number of esters is 1. The summed E-state index contributed by atoms with van der Waals surface area (Å²) in [5, 5.41) is 0. The Balaban J connectivity index is 1.94. The Bertz CT molecular complexity index is 888. The van der Waals surface area contributed by atoms with Crippen LogP contribution in [0.25, 0.3) is 0 Å². The predicted molar refractivity (Wildman–Crippen MR) is 142 cm³/mol. The lowest BCUT2D eigenvalue weighted by atomic mass is 10.1. The second-order valence-corrected chi connectivity index (χ2v) is 18.5. The maximum absolute atomic E-state index is 11.4. The van der Waals surface area contributed by atoms with Crippen LogP contribution < -0.4 is 9.47 Å². The second-order valence-electron chi connectivity index (χ2n) is 9.43. The van der Waals surface area contributed by atoms with Gasteiger partial charge in [0.25, 0.3) is 0 Å². The van der Waals surface area contributed by atoms with E-state index in [2.05, 4.69) is 45.1 Å². The number of para-hydroxylation sites is 2. The molecule has 0 aliphatic carbocycles. The number of rotatable bonds is 14. The van der Waals surface area contributed by atoms with Crippen LogP contribution in [0.5, 0.6) is 11.5 Å². The van der Waals surface area contributed by atoms with Crippen molar-refractivity contribution in [1.29, 1.82) is 0 Å². The van der Waals surface area contributed by atoms with E-state index in [9.17, 15) is 4.79 Å². The lowest BCUT2D eigenvalue weighted by Crippen LogP contribution is -2.47. The van der Waals surface area contributed by atoms with Crippen molar-refractivity contribution in [3.05, 3.63) is 59.7 Å². The zero-order chi connectivity index (χ0) is 24.3. The average Bonchev–Trinajstić information content (AvgIpc) is 2.80. The van der Waals surface area contributed by atoms with Gasteiger partial charge in [-0.1, -0.05) is 50.2 Å². The molecule has 182 valence electrons. The largest absolute Gasteiger partial charge is 0.496 e. The molecule has 0 N–H and O–H groups in total. The van der Waals surface area contributed by atoms with Gasteiger partial charge in [0.2, 0.25) is 0 Å². The number of hydrogen-bond acceptors (Lipinski definition) is 4. The molecule has 2 aromatic rings. The summed E-state index contributed by atoms with van der Waals surface area (Å²) in [5.41, 5.74) is 2.39. The standard InChI is InChI=1S/C27H42O4Si2/c1-7-32(5,21-13-17-24-15-9-11-19-26(24)29-4)31-33(6,8-2)22-14-18-25-16-10-12-20-27(25)30-23(3)28/h9-12,15-16,19-20H,7-8,13-14,17-18,21-22H2,1-6H3. The predicted octanol–water partition coefficient (Wildman–Crippen LogP) is 7.39. The van der Waals surface area contributed by atoms with Crippen LogP contribution in [0.4, 0.5) is 0 Å². The number of carbonyl (C=O) groups is 1. The highest BCUT2D eigenvalue weighted by atomic mass is 28.4. The van der Waals surface area contributed by atoms with Gasteiger partial charge in [-0.2, -0.15) is 0 Å². The van der Waals surface area contributed by atoms with Crippen molar-refractivity contribution in [3.8, 4) is 11.5 Å². The molecule has 0 radical (unpaired) electrons. The summed E-state index contributed by atoms with van der Waals surface area (Å²) in [5.74, 6) is 1.41. The molecule has 33 heavy (non-hydrogen) atoms. The zero-order valence-electron chi connectivity index (χ0n) is 21.4. The lowest BCUT2D eigenvalue weighted by molar-refractivity contribution is -0.131. The van der Waals surface area contributed by atoms with E-state index in [1.807, 2.05) is 30.3 Å². The fraction of sp³-hybridized carbons (Fsp3) is 0.519. The second kappa shape index (κ2) is 13.1. The number of benzene rings is 2. The van der Waals surface area contributed by atoms with E-state index in [0.29, 0.717) is 5.75 Å². The Labute approximate surface area is 202 Å². The van der Waals surface area contributed by atoms with Gasteiger partial charge in [0.15, 0.2) is 16.6 Å². The highest BCUT2D eigenvalue weighted by Crippen LogP contribution is 2.31. The molecule has 0 heterocycles. The summed E-state index contributed by atoms with van der Waals surface area (Å²) in [6, 6.07) is 20.8. The summed E-state index contributed by atoms with van der Waals surface area (Å²) >= 11 is 0. The molecule has 2 aromatic carbocycles. The quantitative estimate of drug-likeness (QED) is 0.159. The normalized spacial score (nSPS) is 14.8. The molecule has 2 unspecified atom stereocenters. The monoisotopic (exact) mass is 486 g/mol. The molecule has 2 rings (SSSR count). The first-order valence-electron chi connectivity index (χ1n) is 12.3. The molecule has 0 saturated carbocycles. The van der Waals surface area contributed by atoms with Crippen LogP contribution >= 0.6 is 0 Å². The first-order valence-corrected chi connectivity index (χ1v) is 18.0. The molecular weight excluding hydrogens is 444 g/mol. The molecule has 6 heteroatoms. The fourth-order valence-electron chi connectivity index (χ4n) is 4.37. The van der Waals surface area contributed by atoms with Crippen molar-refractivity contribution in [3.63, 3.8) is 0 Å². The molecule has 0 fully saturated rings. The molecular formula is C27H42O4Si2. The Morgan fingerprint density at radius 3 is 1.70 bits per heavy atom. The molecule has 0 spiro atoms. The van der Waals surface area contributed by atoms with Crippen molar-refractivity contribution in [1.82, 2.24) is 0 Å². The van der Waals surface area contributed by atoms with Gasteiger partial charge in [-0.15, -0.1) is 0 Å². The van der Waals surface area contributed by atoms with E-state index in [1.165, 1.54) is 18.5 Å². The summed E-state index contributed by atoms with van der Waals surface area (Å²) < 4.78 is 18.0. The molecule has 0 aromatic heterocycles. The minimum absolute atomic E-state index is 0.267. The van der Waals surface area contributed by atoms with E-state index in [4.69, 9.17) is 13.6 Å². The van der Waals surface area contributed by atoms with Crippen LogP contribution in [0.3, 0.4) is 0 Å². The topological polar surface area (TPSA) is 44.8 Å². The zero-order valence-corrected chi connectivity index (χ0v) is 23.4. The third-order valence-corrected chi connectivity index (χ3v) is 16.5. The van der Waals surface area contributed by atoms with Gasteiger partial charge in [-0.25, -0.2) is 0 Å². The van der Waals surface area contributed by atoms with Gasteiger partial charge in [0.05, 0.1) is 7.11 Å². The van der Waals surface area contributed by atoms with Crippen molar-refractivity contribution >= 4 is 22.6 Å². The van der Waals surface area contributed by atoms with E-state index in [-0.39, 0.29) is 5.97 Å². The first-order chi connectivity index (χ1) is 15.7. The SMILES string of the molecule is CC[Si](C)(CCCc1ccccc1OC)O[Si](C)(CC)CCCc1ccccc1OC(C)=O. The molecule has 0 aliphatic heterocycles. The number of hydrogen-bond donors (Lipinski definition) is 0. The Hall–Kier alpha value is -1.90. The number of aryl methyl sites for hydroxylation is 2. The summed E-state index contributed by atoms with van der Waals surface area (Å²) in [7, 11) is -1.83. The van der Waals surface area contributed by atoms with Crippen LogP contribution in [0.15, 0.2) is 48.5 Å². The third-order valence-electron chi connectivity index (χ3n) is 6.71. The Morgan fingerprint density at radius 1 is 0.788 bits per heavy atom. The van der Waals surface area contributed by atoms with Gasteiger partial charge >= 0.3 is 5.97 Å². The summed E-state index contributed by atoms with van der Waals surface area (Å²) in [4.78, 5) is 11.4. The average molecular weight is 487 g/mol. The van der Waals surface area contributed by atoms with Crippen molar-refractivity contribution in [2.75, 3.05) is 7.11 Å². The van der Waals surface area contributed by atoms with Crippen molar-refractivity contribution in [2.45, 2.75) is 83.7 Å². The highest BCUT2D eigenvalue weighted by molar-refractivity contribution is 6.86. The van der Waals surface area contributed by atoms with Crippen molar-refractivity contribution < 1.29 is 18.4 Å². The van der Waals surface area contributed by atoms with Crippen LogP contribution in [-0.2, 0) is 21.8 Å². The molecule has 0 saturated heterocycles. The van der Waals surface area contributed by atoms with E-state index < -0.39 is 16.6 Å². The van der Waals surface area contributed by atoms with E-state index in [1.54, 1.807) is 7.11 Å². The molecule has 0 bridgehead atoms. The van der Waals surface area contributed by atoms with Gasteiger partial charge in [0.1, 0.15) is 11.5 Å². The molecule has 0 amide bonds. The lowest BCUT2D eigenvalue weighted by Gasteiger charge is -2.38. The van der Waals surface area contributed by atoms with E-state index in [0.717, 1.165) is 55.1 Å². The van der Waals surface area contributed by atoms with Crippen LogP contribution in [-0.4, -0.2) is 29.7 Å². The summed E-state index contributed by atoms with van der Waals surface area (Å²) in [6.45, 7) is 10.9. The molecule has 2 atom stereocenters. The number of methoxy groups -OCH3 is 1. The van der Waals surface area contributed by atoms with Crippen LogP contribution in [0.1, 0.15) is 44.7 Å². The third kappa shape index (κ3) is 8.76. The van der Waals surface area contributed by atoms with E-state index >= 15 is 0 Å². The number of carbonyl (C=O) groups excluding carboxylic acids is 1. The first kappa shape index (κ1) is 27.3. The van der Waals surface area contributed by atoms with Gasteiger partial charge in [-0.3, -0.25) is 4.79 Å². The Morgan fingerprint density at radius 2 is 1.24 bits per heavy atom. The maximum Gasteiger partial charge on any atom is 0.308 e. The molecule has 0 aliphatic rings. The summed E-state index contributed by atoms with van der Waals surface area (Å²) in [6.07, 6.45) is 4.14. The van der Waals surface area contributed by atoms with Crippen molar-refractivity contribution in [2.24, 2.45) is 0 Å². The van der Waals surface area contributed by atoms with Gasteiger partial charge < -0.3 is 13.6 Å². The smallest absolute Gasteiger partial charge is 0.308 e. The fourth-order valence-corrected chi connectivity index (χ4v) is 13.7. The highest BCUT2D eigenvalue weighted by Gasteiger charge is 2.36. The van der Waals surface area contributed by atoms with Crippen LogP contribution in [0.2, 0.25) is 37.3 Å². The maximum atomic E-state index is 11.4. The minimum Gasteiger partial charge on any atom is -0.496 e. The van der Waals surface area contributed by atoms with Gasteiger partial charge in [-0.05, 0) is 86.2 Å². The Kier molecular flexibility index (Phi) is 10.9. The molecule has 4 nitrogen and oxygen atoms in total. The minimum atomic E-state index is -1.80. The van der Waals surface area contributed by atoms with Gasteiger partial charge in [0, 0.05) is 6.92 Å². The van der Waals surface area contributed by atoms with Crippen LogP contribution in [0, 0.1) is 0 Å².